The van der Waals surface area contributed by atoms with Crippen LogP contribution >= 0.6 is 0 Å². The molecule has 3 aromatic carbocycles. The van der Waals surface area contributed by atoms with Gasteiger partial charge in [0.05, 0.1) is 22.2 Å². The van der Waals surface area contributed by atoms with E-state index in [1.165, 1.54) is 0 Å². The number of amides is 2. The number of alkyl halides is 3. The predicted octanol–water partition coefficient (Wildman–Crippen LogP) is 5.61. The van der Waals surface area contributed by atoms with Crippen LogP contribution in [0.3, 0.4) is 0 Å². The van der Waals surface area contributed by atoms with Crippen molar-refractivity contribution in [1.82, 2.24) is 10.2 Å². The van der Waals surface area contributed by atoms with E-state index in [4.69, 9.17) is 5.73 Å². The van der Waals surface area contributed by atoms with Crippen molar-refractivity contribution in [3.05, 3.63) is 72.0 Å². The monoisotopic (exact) mass is 429 g/mol. The molecule has 0 aliphatic rings. The lowest BCUT2D eigenvalue weighted by Gasteiger charge is -2.13. The highest BCUT2D eigenvalue weighted by Crippen LogP contribution is 2.34. The molecule has 0 radical (unpaired) electrons. The van der Waals surface area contributed by atoms with Gasteiger partial charge in [-0.1, -0.05) is 30.3 Å². The summed E-state index contributed by atoms with van der Waals surface area (Å²) in [6, 6.07) is 14.0. The molecule has 5 N–H and O–H groups in total. The van der Waals surface area contributed by atoms with Crippen LogP contribution in [0.2, 0.25) is 0 Å². The van der Waals surface area contributed by atoms with Gasteiger partial charge in [0.2, 0.25) is 0 Å². The van der Waals surface area contributed by atoms with E-state index < -0.39 is 29.3 Å². The average Bonchev–Trinajstić information content (AvgIpc) is 3.10. The second kappa shape index (κ2) is 7.63. The van der Waals surface area contributed by atoms with Crippen LogP contribution < -0.4 is 16.4 Å². The Labute approximate surface area is 173 Å². The lowest BCUT2D eigenvalue weighted by Crippen LogP contribution is -2.21. The number of anilines is 3. The van der Waals surface area contributed by atoms with Crippen molar-refractivity contribution in [2.24, 2.45) is 0 Å². The smallest absolute Gasteiger partial charge is 0.382 e. The van der Waals surface area contributed by atoms with Gasteiger partial charge in [-0.15, -0.1) is 0 Å². The summed E-state index contributed by atoms with van der Waals surface area (Å²) in [6.07, 6.45) is -4.87. The van der Waals surface area contributed by atoms with Gasteiger partial charge >= 0.3 is 12.2 Å². The molecule has 0 unspecified atom stereocenters. The fraction of sp³-hybridized carbons (Fsp3) is 0.0476. The SMILES string of the molecule is Nc1n[nH]c2cccc(-c3ccc(NC(=O)Nc4cccc(C(F)(F)F)c4F)cc3)c12. The fourth-order valence-corrected chi connectivity index (χ4v) is 3.20. The first-order valence-corrected chi connectivity index (χ1v) is 9.01. The van der Waals surface area contributed by atoms with Gasteiger partial charge in [0.15, 0.2) is 11.6 Å². The summed E-state index contributed by atoms with van der Waals surface area (Å²) in [4.78, 5) is 12.1. The fourth-order valence-electron chi connectivity index (χ4n) is 3.20. The third kappa shape index (κ3) is 4.00. The highest BCUT2D eigenvalue weighted by molar-refractivity contribution is 6.02. The number of aromatic nitrogens is 2. The van der Waals surface area contributed by atoms with Crippen molar-refractivity contribution in [2.75, 3.05) is 16.4 Å². The van der Waals surface area contributed by atoms with Crippen LogP contribution in [0.1, 0.15) is 5.56 Å². The molecule has 0 saturated heterocycles. The zero-order valence-electron chi connectivity index (χ0n) is 15.7. The Morgan fingerprint density at radius 1 is 0.968 bits per heavy atom. The molecule has 2 amide bonds. The molecule has 158 valence electrons. The summed E-state index contributed by atoms with van der Waals surface area (Å²) in [5.41, 5.74) is 6.68. The minimum Gasteiger partial charge on any atom is -0.382 e. The number of fused-ring (bicyclic) bond motifs is 1. The quantitative estimate of drug-likeness (QED) is 0.319. The number of carbonyl (C=O) groups excluding carboxylic acids is 1. The number of benzene rings is 3. The first-order valence-electron chi connectivity index (χ1n) is 9.01. The van der Waals surface area contributed by atoms with Crippen LogP contribution in [-0.4, -0.2) is 16.2 Å². The molecule has 31 heavy (non-hydrogen) atoms. The van der Waals surface area contributed by atoms with E-state index >= 15 is 0 Å². The first kappa shape index (κ1) is 20.2. The van der Waals surface area contributed by atoms with Crippen molar-refractivity contribution in [3.63, 3.8) is 0 Å². The minimum atomic E-state index is -4.87. The Morgan fingerprint density at radius 2 is 1.68 bits per heavy atom. The third-order valence-electron chi connectivity index (χ3n) is 4.62. The molecule has 0 fully saturated rings. The van der Waals surface area contributed by atoms with E-state index in [1.807, 2.05) is 18.2 Å². The number of urea groups is 1. The second-order valence-corrected chi connectivity index (χ2v) is 6.66. The molecular formula is C21H15F4N5O. The van der Waals surface area contributed by atoms with Crippen molar-refractivity contribution >= 4 is 34.1 Å². The predicted molar refractivity (Wildman–Crippen MR) is 110 cm³/mol. The Hall–Kier alpha value is -4.08. The third-order valence-corrected chi connectivity index (χ3v) is 4.62. The summed E-state index contributed by atoms with van der Waals surface area (Å²) in [7, 11) is 0. The van der Waals surface area contributed by atoms with E-state index in [0.29, 0.717) is 17.6 Å². The zero-order valence-corrected chi connectivity index (χ0v) is 15.7. The number of aromatic amines is 1. The van der Waals surface area contributed by atoms with Gasteiger partial charge in [0.25, 0.3) is 0 Å². The molecule has 10 heteroatoms. The zero-order chi connectivity index (χ0) is 22.2. The number of hydrogen-bond acceptors (Lipinski definition) is 3. The van der Waals surface area contributed by atoms with E-state index in [1.54, 1.807) is 24.3 Å². The number of nitrogens with one attached hydrogen (secondary N) is 3. The lowest BCUT2D eigenvalue weighted by atomic mass is 10.0. The Kier molecular flexibility index (Phi) is 4.97. The van der Waals surface area contributed by atoms with Gasteiger partial charge in [0.1, 0.15) is 0 Å². The van der Waals surface area contributed by atoms with Crippen molar-refractivity contribution in [3.8, 4) is 11.1 Å². The van der Waals surface area contributed by atoms with E-state index in [-0.39, 0.29) is 0 Å². The largest absolute Gasteiger partial charge is 0.419 e. The topological polar surface area (TPSA) is 95.8 Å². The van der Waals surface area contributed by atoms with Gasteiger partial charge < -0.3 is 16.4 Å². The summed E-state index contributed by atoms with van der Waals surface area (Å²) >= 11 is 0. The summed E-state index contributed by atoms with van der Waals surface area (Å²) in [6.45, 7) is 0. The normalized spacial score (nSPS) is 11.5. The number of hydrogen-bond donors (Lipinski definition) is 4. The highest BCUT2D eigenvalue weighted by Gasteiger charge is 2.35. The molecule has 0 aliphatic heterocycles. The van der Waals surface area contributed by atoms with Gasteiger partial charge in [-0.2, -0.15) is 18.3 Å². The number of carbonyl (C=O) groups is 1. The van der Waals surface area contributed by atoms with Crippen molar-refractivity contribution in [2.45, 2.75) is 6.18 Å². The number of halogens is 4. The molecule has 4 aromatic rings. The Morgan fingerprint density at radius 3 is 2.39 bits per heavy atom. The first-order chi connectivity index (χ1) is 14.7. The van der Waals surface area contributed by atoms with Crippen LogP contribution in [0.15, 0.2) is 60.7 Å². The van der Waals surface area contributed by atoms with Crippen molar-refractivity contribution < 1.29 is 22.4 Å². The number of nitrogens with two attached hydrogens (primary N) is 1. The van der Waals surface area contributed by atoms with E-state index in [0.717, 1.165) is 34.2 Å². The summed E-state index contributed by atoms with van der Waals surface area (Å²) in [5, 5.41) is 12.1. The molecule has 0 saturated carbocycles. The van der Waals surface area contributed by atoms with E-state index in [2.05, 4.69) is 20.8 Å². The number of nitrogens with zero attached hydrogens (tertiary/aromatic N) is 1. The van der Waals surface area contributed by atoms with Crippen LogP contribution in [-0.2, 0) is 6.18 Å². The number of nitrogen functional groups attached to an aromatic ring is 1. The molecule has 1 heterocycles. The van der Waals surface area contributed by atoms with E-state index in [9.17, 15) is 22.4 Å². The molecule has 0 atom stereocenters. The molecule has 4 rings (SSSR count). The van der Waals surface area contributed by atoms with Crippen molar-refractivity contribution in [1.29, 1.82) is 0 Å². The Balaban J connectivity index is 1.51. The Bertz CT molecular complexity index is 1270. The molecule has 0 aliphatic carbocycles. The van der Waals surface area contributed by atoms with Gasteiger partial charge in [-0.3, -0.25) is 5.10 Å². The standard InChI is InChI=1S/C21H15F4N5O/c22-18-14(21(23,24)25)4-2-6-16(18)28-20(31)27-12-9-7-11(8-10-12)13-3-1-5-15-17(13)19(26)30-29-15/h1-10H,(H3,26,29,30)(H2,27,28,31). The maximum absolute atomic E-state index is 14.1. The molecule has 1 aromatic heterocycles. The molecule has 0 spiro atoms. The highest BCUT2D eigenvalue weighted by atomic mass is 19.4. The number of rotatable bonds is 3. The number of H-pyrrole nitrogens is 1. The van der Waals surface area contributed by atoms with Gasteiger partial charge in [-0.25, -0.2) is 9.18 Å². The summed E-state index contributed by atoms with van der Waals surface area (Å²) in [5.74, 6) is -1.19. The minimum absolute atomic E-state index is 0.357. The van der Waals surface area contributed by atoms with Gasteiger partial charge in [-0.05, 0) is 41.5 Å². The van der Waals surface area contributed by atoms with Crippen LogP contribution in [0, 0.1) is 5.82 Å². The van der Waals surface area contributed by atoms with Gasteiger partial charge in [0, 0.05) is 5.69 Å². The summed E-state index contributed by atoms with van der Waals surface area (Å²) < 4.78 is 52.5. The molecule has 0 bridgehead atoms. The van der Waals surface area contributed by atoms with Crippen LogP contribution in [0.5, 0.6) is 0 Å². The van der Waals surface area contributed by atoms with Crippen LogP contribution in [0.4, 0.5) is 39.5 Å². The van der Waals surface area contributed by atoms with Crippen LogP contribution in [0.25, 0.3) is 22.0 Å². The average molecular weight is 429 g/mol. The lowest BCUT2D eigenvalue weighted by molar-refractivity contribution is -0.139. The maximum Gasteiger partial charge on any atom is 0.419 e. The second-order valence-electron chi connectivity index (χ2n) is 6.66. The molecular weight excluding hydrogens is 414 g/mol. The molecule has 6 nitrogen and oxygen atoms in total. The maximum atomic E-state index is 14.1.